The highest BCUT2D eigenvalue weighted by Gasteiger charge is 2.21. The maximum Gasteiger partial charge on any atom is 0.339 e. The summed E-state index contributed by atoms with van der Waals surface area (Å²) in [6.45, 7) is 4.93. The van der Waals surface area contributed by atoms with Crippen LogP contribution in [0.1, 0.15) is 15.9 Å². The van der Waals surface area contributed by atoms with Gasteiger partial charge in [-0.3, -0.25) is 0 Å². The Hall–Kier alpha value is -1.38. The number of halogens is 1. The minimum absolute atomic E-state index is 0.0228. The normalized spacial score (nSPS) is 11.3. The topological polar surface area (TPSA) is 104 Å². The van der Waals surface area contributed by atoms with Crippen molar-refractivity contribution in [2.45, 2.75) is 11.8 Å². The maximum atomic E-state index is 12.0. The average molecular weight is 350 g/mol. The van der Waals surface area contributed by atoms with Crippen LogP contribution in [0.4, 0.5) is 0 Å². The quantitative estimate of drug-likeness (QED) is 0.748. The van der Waals surface area contributed by atoms with Gasteiger partial charge in [0.15, 0.2) is 0 Å². The van der Waals surface area contributed by atoms with E-state index in [9.17, 15) is 18.3 Å². The molecule has 0 aromatic heterocycles. The third kappa shape index (κ3) is 3.79. The van der Waals surface area contributed by atoms with Crippen LogP contribution in [0, 0.1) is 6.92 Å². The fourth-order valence-electron chi connectivity index (χ4n) is 1.38. The number of aryl methyl sites for hydroxylation is 1. The van der Waals surface area contributed by atoms with Crippen molar-refractivity contribution in [2.24, 2.45) is 0 Å². The van der Waals surface area contributed by atoms with Crippen LogP contribution in [0.3, 0.4) is 0 Å². The Balaban J connectivity index is 3.30. The second-order valence-electron chi connectivity index (χ2n) is 3.78. The summed E-state index contributed by atoms with van der Waals surface area (Å²) in [5.74, 6) is -1.88. The number of carboxylic acids is 1. The Morgan fingerprint density at radius 1 is 1.47 bits per heavy atom. The van der Waals surface area contributed by atoms with Crippen LogP contribution in [-0.4, -0.2) is 31.1 Å². The van der Waals surface area contributed by atoms with E-state index in [0.717, 1.165) is 12.1 Å². The molecule has 0 atom stereocenters. The molecule has 0 heterocycles. The van der Waals surface area contributed by atoms with Gasteiger partial charge in [0.2, 0.25) is 10.0 Å². The zero-order valence-corrected chi connectivity index (χ0v) is 12.4. The van der Waals surface area contributed by atoms with Gasteiger partial charge in [-0.05, 0) is 24.6 Å². The molecule has 0 saturated heterocycles. The summed E-state index contributed by atoms with van der Waals surface area (Å²) in [6, 6.07) is 2.02. The molecule has 3 N–H and O–H groups in total. The predicted octanol–water partition coefficient (Wildman–Crippen LogP) is 1.59. The second-order valence-corrected chi connectivity index (χ2v) is 6.64. The van der Waals surface area contributed by atoms with Crippen molar-refractivity contribution in [3.05, 3.63) is 34.3 Å². The number of carbonyl (C=O) groups is 1. The molecular weight excluding hydrogens is 338 g/mol. The van der Waals surface area contributed by atoms with Crippen LogP contribution in [0.15, 0.2) is 28.1 Å². The zero-order valence-electron chi connectivity index (χ0n) is 9.97. The molecule has 1 rings (SSSR count). The molecule has 8 heteroatoms. The molecular formula is C11H12BrNO5S. The fraction of sp³-hybridized carbons (Fsp3) is 0.182. The van der Waals surface area contributed by atoms with Crippen molar-refractivity contribution < 1.29 is 23.4 Å². The molecule has 1 aromatic rings. The van der Waals surface area contributed by atoms with Crippen molar-refractivity contribution in [1.82, 2.24) is 4.72 Å². The van der Waals surface area contributed by atoms with Crippen molar-refractivity contribution in [3.8, 4) is 5.75 Å². The Kier molecular flexibility index (Phi) is 4.72. The van der Waals surface area contributed by atoms with E-state index in [2.05, 4.69) is 27.2 Å². The van der Waals surface area contributed by atoms with Gasteiger partial charge in [0, 0.05) is 11.0 Å². The molecule has 0 aliphatic rings. The van der Waals surface area contributed by atoms with Gasteiger partial charge in [-0.25, -0.2) is 17.9 Å². The number of carboxylic acid groups (broad SMARTS) is 1. The number of nitrogens with one attached hydrogen (secondary N) is 1. The van der Waals surface area contributed by atoms with Gasteiger partial charge < -0.3 is 10.2 Å². The summed E-state index contributed by atoms with van der Waals surface area (Å²) >= 11 is 3.01. The number of rotatable bonds is 5. The highest BCUT2D eigenvalue weighted by molar-refractivity contribution is 9.11. The van der Waals surface area contributed by atoms with Crippen LogP contribution in [0.5, 0.6) is 5.75 Å². The fourth-order valence-corrected chi connectivity index (χ4v) is 2.99. The lowest BCUT2D eigenvalue weighted by Gasteiger charge is -2.10. The smallest absolute Gasteiger partial charge is 0.339 e. The van der Waals surface area contributed by atoms with E-state index in [-0.39, 0.29) is 17.0 Å². The summed E-state index contributed by atoms with van der Waals surface area (Å²) in [7, 11) is -3.87. The monoisotopic (exact) mass is 349 g/mol. The van der Waals surface area contributed by atoms with E-state index in [1.807, 2.05) is 0 Å². The summed E-state index contributed by atoms with van der Waals surface area (Å²) in [6.07, 6.45) is 0. The number of benzene rings is 1. The van der Waals surface area contributed by atoms with Gasteiger partial charge in [0.05, 0.1) is 4.90 Å². The SMILES string of the molecule is C=C(Br)CNS(=O)(=O)c1cc(C(=O)O)c(O)cc1C. The van der Waals surface area contributed by atoms with Crippen LogP contribution < -0.4 is 4.72 Å². The largest absolute Gasteiger partial charge is 0.507 e. The van der Waals surface area contributed by atoms with Crippen LogP contribution in [0.25, 0.3) is 0 Å². The molecule has 0 saturated carbocycles. The van der Waals surface area contributed by atoms with E-state index >= 15 is 0 Å². The number of phenols is 1. The van der Waals surface area contributed by atoms with Crippen molar-refractivity contribution >= 4 is 31.9 Å². The summed E-state index contributed by atoms with van der Waals surface area (Å²) in [5, 5.41) is 18.3. The molecule has 6 nitrogen and oxygen atoms in total. The Morgan fingerprint density at radius 3 is 2.53 bits per heavy atom. The molecule has 104 valence electrons. The van der Waals surface area contributed by atoms with Gasteiger partial charge in [-0.15, -0.1) is 0 Å². The lowest BCUT2D eigenvalue weighted by atomic mass is 10.1. The standard InChI is InChI=1S/C11H12BrNO5S/c1-6-3-9(14)8(11(15)16)4-10(6)19(17,18)13-5-7(2)12/h3-4,13-14H,2,5H2,1H3,(H,15,16). The average Bonchev–Trinajstić information content (AvgIpc) is 2.25. The lowest BCUT2D eigenvalue weighted by molar-refractivity contribution is 0.0693. The first-order valence-corrected chi connectivity index (χ1v) is 7.32. The molecule has 0 radical (unpaired) electrons. The predicted molar refractivity (Wildman–Crippen MR) is 73.1 cm³/mol. The summed E-state index contributed by atoms with van der Waals surface area (Å²) in [4.78, 5) is 10.7. The van der Waals surface area contributed by atoms with E-state index in [0.29, 0.717) is 4.48 Å². The van der Waals surface area contributed by atoms with E-state index in [1.54, 1.807) is 0 Å². The van der Waals surface area contributed by atoms with Gasteiger partial charge in [0.1, 0.15) is 11.3 Å². The minimum atomic E-state index is -3.87. The number of hydrogen-bond acceptors (Lipinski definition) is 4. The molecule has 0 unspecified atom stereocenters. The number of hydrogen-bond donors (Lipinski definition) is 3. The van der Waals surface area contributed by atoms with Crippen LogP contribution >= 0.6 is 15.9 Å². The first-order chi connectivity index (χ1) is 8.65. The molecule has 1 aromatic carbocycles. The minimum Gasteiger partial charge on any atom is -0.507 e. The third-order valence-electron chi connectivity index (χ3n) is 2.27. The molecule has 0 bridgehead atoms. The molecule has 0 fully saturated rings. The number of aromatic hydroxyl groups is 1. The zero-order chi connectivity index (χ0) is 14.8. The Bertz CT molecular complexity index is 639. The molecule has 0 aliphatic heterocycles. The first kappa shape index (κ1) is 15.7. The lowest BCUT2D eigenvalue weighted by Crippen LogP contribution is -2.25. The molecule has 0 spiro atoms. The Labute approximate surface area is 118 Å². The maximum absolute atomic E-state index is 12.0. The van der Waals surface area contributed by atoms with Gasteiger partial charge in [0.25, 0.3) is 0 Å². The molecule has 0 aliphatic carbocycles. The van der Waals surface area contributed by atoms with E-state index < -0.39 is 27.3 Å². The van der Waals surface area contributed by atoms with Gasteiger partial charge >= 0.3 is 5.97 Å². The van der Waals surface area contributed by atoms with Gasteiger partial charge in [-0.2, -0.15) is 0 Å². The number of sulfonamides is 1. The first-order valence-electron chi connectivity index (χ1n) is 5.05. The molecule has 19 heavy (non-hydrogen) atoms. The van der Waals surface area contributed by atoms with Crippen LogP contribution in [-0.2, 0) is 10.0 Å². The summed E-state index contributed by atoms with van der Waals surface area (Å²) in [5.41, 5.74) is -0.223. The van der Waals surface area contributed by atoms with Crippen molar-refractivity contribution in [3.63, 3.8) is 0 Å². The highest BCUT2D eigenvalue weighted by atomic mass is 79.9. The summed E-state index contributed by atoms with van der Waals surface area (Å²) < 4.78 is 26.7. The Morgan fingerprint density at radius 2 is 2.05 bits per heavy atom. The number of aromatic carboxylic acids is 1. The molecule has 0 amide bonds. The third-order valence-corrected chi connectivity index (χ3v) is 4.09. The highest BCUT2D eigenvalue weighted by Crippen LogP contribution is 2.25. The second kappa shape index (κ2) is 5.72. The van der Waals surface area contributed by atoms with Gasteiger partial charge in [-0.1, -0.05) is 22.5 Å². The van der Waals surface area contributed by atoms with E-state index in [4.69, 9.17) is 5.11 Å². The van der Waals surface area contributed by atoms with Crippen molar-refractivity contribution in [2.75, 3.05) is 6.54 Å². The van der Waals surface area contributed by atoms with Crippen LogP contribution in [0.2, 0.25) is 0 Å². The van der Waals surface area contributed by atoms with E-state index in [1.165, 1.54) is 6.92 Å². The van der Waals surface area contributed by atoms with Crippen molar-refractivity contribution in [1.29, 1.82) is 0 Å².